The molecule has 0 bridgehead atoms. The second-order valence-corrected chi connectivity index (χ2v) is 12.9. The van der Waals surface area contributed by atoms with Gasteiger partial charge in [0.25, 0.3) is 11.8 Å². The van der Waals surface area contributed by atoms with Crippen molar-refractivity contribution >= 4 is 34.8 Å². The number of nitrogens with one attached hydrogen (secondary N) is 2. The molecule has 0 spiro atoms. The summed E-state index contributed by atoms with van der Waals surface area (Å²) >= 11 is 0. The van der Waals surface area contributed by atoms with Crippen LogP contribution in [0.25, 0.3) is 10.8 Å². The predicted molar refractivity (Wildman–Crippen MR) is 167 cm³/mol. The summed E-state index contributed by atoms with van der Waals surface area (Å²) in [5, 5.41) is 7.78. The molecule has 0 fully saturated rings. The molecule has 1 heterocycles. The Morgan fingerprint density at radius 2 is 1.28 bits per heavy atom. The zero-order valence-corrected chi connectivity index (χ0v) is 26.6. The first-order valence-electron chi connectivity index (χ1n) is 15.3. The normalized spacial score (nSPS) is 13.3. The van der Waals surface area contributed by atoms with Crippen molar-refractivity contribution in [3.8, 4) is 0 Å². The molecule has 1 aliphatic heterocycles. The van der Waals surface area contributed by atoms with Crippen LogP contribution in [0.4, 0.5) is 9.59 Å². The Morgan fingerprint density at radius 3 is 1.84 bits per heavy atom. The van der Waals surface area contributed by atoms with Crippen LogP contribution in [0.5, 0.6) is 0 Å². The van der Waals surface area contributed by atoms with Crippen molar-refractivity contribution in [3.05, 3.63) is 47.5 Å². The number of ether oxygens (including phenoxy) is 2. The lowest BCUT2D eigenvalue weighted by Crippen LogP contribution is -2.41. The third kappa shape index (κ3) is 10.5. The summed E-state index contributed by atoms with van der Waals surface area (Å²) in [5.74, 6) is -0.477. The van der Waals surface area contributed by atoms with E-state index in [9.17, 15) is 19.2 Å². The fourth-order valence-electron chi connectivity index (χ4n) is 4.88. The Labute approximate surface area is 255 Å². The summed E-state index contributed by atoms with van der Waals surface area (Å²) in [6, 6.07) is 11.1. The van der Waals surface area contributed by atoms with Crippen molar-refractivity contribution in [1.29, 1.82) is 0 Å². The third-order valence-corrected chi connectivity index (χ3v) is 6.80. The molecule has 0 aliphatic carbocycles. The second kappa shape index (κ2) is 15.2. The molecule has 0 saturated heterocycles. The van der Waals surface area contributed by atoms with Gasteiger partial charge in [-0.05, 0) is 104 Å². The molecule has 2 N–H and O–H groups in total. The fourth-order valence-corrected chi connectivity index (χ4v) is 4.88. The van der Waals surface area contributed by atoms with Crippen molar-refractivity contribution in [1.82, 2.24) is 20.4 Å². The minimum atomic E-state index is -0.582. The van der Waals surface area contributed by atoms with Crippen molar-refractivity contribution < 1.29 is 28.7 Å². The molecule has 0 radical (unpaired) electrons. The van der Waals surface area contributed by atoms with Gasteiger partial charge < -0.3 is 25.0 Å². The van der Waals surface area contributed by atoms with Gasteiger partial charge in [0, 0.05) is 42.7 Å². The first-order chi connectivity index (χ1) is 20.3. The van der Waals surface area contributed by atoms with Crippen molar-refractivity contribution in [2.75, 3.05) is 39.3 Å². The van der Waals surface area contributed by atoms with Crippen LogP contribution < -0.4 is 10.6 Å². The van der Waals surface area contributed by atoms with Gasteiger partial charge in [-0.3, -0.25) is 14.5 Å². The van der Waals surface area contributed by atoms with Gasteiger partial charge in [-0.2, -0.15) is 0 Å². The molecule has 0 aromatic heterocycles. The highest BCUT2D eigenvalue weighted by atomic mass is 16.6. The number of amides is 4. The summed E-state index contributed by atoms with van der Waals surface area (Å²) in [5.41, 5.74) is 0.0327. The first kappa shape index (κ1) is 33.8. The first-order valence-corrected chi connectivity index (χ1v) is 15.3. The monoisotopic (exact) mass is 596 g/mol. The van der Waals surface area contributed by atoms with Gasteiger partial charge in [0.15, 0.2) is 0 Å². The van der Waals surface area contributed by atoms with Gasteiger partial charge in [0.2, 0.25) is 0 Å². The maximum absolute atomic E-state index is 13.0. The number of hydrogen-bond acceptors (Lipinski definition) is 7. The van der Waals surface area contributed by atoms with E-state index in [4.69, 9.17) is 9.47 Å². The van der Waals surface area contributed by atoms with Crippen molar-refractivity contribution in [2.24, 2.45) is 0 Å². The smallest absolute Gasteiger partial charge is 0.410 e. The van der Waals surface area contributed by atoms with Crippen LogP contribution >= 0.6 is 0 Å². The van der Waals surface area contributed by atoms with E-state index in [2.05, 4.69) is 10.6 Å². The Bertz CT molecular complexity index is 1230. The number of rotatable bonds is 14. The van der Waals surface area contributed by atoms with Crippen LogP contribution in [0.3, 0.4) is 0 Å². The molecule has 4 amide bonds. The molecule has 43 heavy (non-hydrogen) atoms. The number of carbonyl (C=O) groups excluding carboxylic acids is 4. The van der Waals surface area contributed by atoms with Crippen LogP contribution in [0.2, 0.25) is 0 Å². The van der Waals surface area contributed by atoms with Crippen molar-refractivity contribution in [3.63, 3.8) is 0 Å². The average molecular weight is 597 g/mol. The topological polar surface area (TPSA) is 117 Å². The third-order valence-electron chi connectivity index (χ3n) is 6.80. The highest BCUT2D eigenvalue weighted by Crippen LogP contribution is 2.29. The quantitative estimate of drug-likeness (QED) is 0.211. The van der Waals surface area contributed by atoms with E-state index in [-0.39, 0.29) is 17.9 Å². The molecule has 0 saturated carbocycles. The summed E-state index contributed by atoms with van der Waals surface area (Å²) < 4.78 is 10.8. The highest BCUT2D eigenvalue weighted by Gasteiger charge is 2.32. The predicted octanol–water partition coefficient (Wildman–Crippen LogP) is 5.74. The number of imide groups is 1. The molecule has 2 aromatic carbocycles. The Hall–Kier alpha value is -3.66. The fraction of sp³-hybridized carbons (Fsp3) is 0.576. The Morgan fingerprint density at radius 1 is 0.744 bits per heavy atom. The summed E-state index contributed by atoms with van der Waals surface area (Å²) in [6.07, 6.45) is 2.96. The summed E-state index contributed by atoms with van der Waals surface area (Å²) in [6.45, 7) is 14.4. The molecular weight excluding hydrogens is 548 g/mol. The zero-order valence-electron chi connectivity index (χ0n) is 26.6. The van der Waals surface area contributed by atoms with Crippen LogP contribution in [0.1, 0.15) is 94.4 Å². The van der Waals surface area contributed by atoms with E-state index >= 15 is 0 Å². The lowest BCUT2D eigenvalue weighted by Gasteiger charge is -2.27. The van der Waals surface area contributed by atoms with Gasteiger partial charge in [0.05, 0.1) is 0 Å². The standard InChI is InChI=1S/C33H48N4O6/c1-32(2,3)42-30(40)35-20-8-10-22-36(31(41)43-33(4,5)6)21-9-7-18-34-19-13-23-37-28(38)25-16-11-14-24-15-12-17-26(27(24)25)29(37)39/h11-12,14-17,34H,7-10,13,18-23H2,1-6H3,(H,35,40). The maximum Gasteiger partial charge on any atom is 0.410 e. The van der Waals surface area contributed by atoms with Crippen LogP contribution in [0, 0.1) is 0 Å². The van der Waals surface area contributed by atoms with E-state index in [1.165, 1.54) is 4.90 Å². The van der Waals surface area contributed by atoms with E-state index in [1.807, 2.05) is 65.8 Å². The molecule has 2 aromatic rings. The van der Waals surface area contributed by atoms with E-state index in [0.717, 1.165) is 36.6 Å². The summed E-state index contributed by atoms with van der Waals surface area (Å²) in [4.78, 5) is 53.7. The molecule has 10 nitrogen and oxygen atoms in total. The van der Waals surface area contributed by atoms with Crippen LogP contribution in [0.15, 0.2) is 36.4 Å². The van der Waals surface area contributed by atoms with Gasteiger partial charge in [0.1, 0.15) is 11.2 Å². The average Bonchev–Trinajstić information content (AvgIpc) is 2.91. The van der Waals surface area contributed by atoms with E-state index in [0.29, 0.717) is 56.7 Å². The number of alkyl carbamates (subject to hydrolysis) is 1. The molecule has 236 valence electrons. The lowest BCUT2D eigenvalue weighted by atomic mass is 9.94. The molecule has 1 aliphatic rings. The SMILES string of the molecule is CC(C)(C)OC(=O)NCCCCN(CCCCNCCCN1C(=O)c2cccc3cccc(c23)C1=O)C(=O)OC(C)(C)C. The number of carbonyl (C=O) groups is 4. The molecule has 0 atom stereocenters. The number of nitrogens with zero attached hydrogens (tertiary/aromatic N) is 2. The second-order valence-electron chi connectivity index (χ2n) is 12.9. The van der Waals surface area contributed by atoms with Gasteiger partial charge in [-0.15, -0.1) is 0 Å². The van der Waals surface area contributed by atoms with Gasteiger partial charge in [-0.1, -0.05) is 24.3 Å². The molecule has 0 unspecified atom stereocenters. The zero-order chi connectivity index (χ0) is 31.6. The minimum Gasteiger partial charge on any atom is -0.444 e. The lowest BCUT2D eigenvalue weighted by molar-refractivity contribution is 0.0241. The molecular formula is C33H48N4O6. The number of hydrogen-bond donors (Lipinski definition) is 2. The largest absolute Gasteiger partial charge is 0.444 e. The number of unbranched alkanes of at least 4 members (excludes halogenated alkanes) is 2. The Balaban J connectivity index is 1.36. The van der Waals surface area contributed by atoms with Crippen LogP contribution in [-0.2, 0) is 9.47 Å². The van der Waals surface area contributed by atoms with Gasteiger partial charge >= 0.3 is 12.2 Å². The van der Waals surface area contributed by atoms with Crippen LogP contribution in [-0.4, -0.2) is 84.3 Å². The highest BCUT2D eigenvalue weighted by molar-refractivity contribution is 6.25. The maximum atomic E-state index is 13.0. The van der Waals surface area contributed by atoms with Gasteiger partial charge in [-0.25, -0.2) is 9.59 Å². The minimum absolute atomic E-state index is 0.239. The summed E-state index contributed by atoms with van der Waals surface area (Å²) in [7, 11) is 0. The van der Waals surface area contributed by atoms with E-state index < -0.39 is 17.3 Å². The Kier molecular flexibility index (Phi) is 11.9. The molecule has 3 rings (SSSR count). The van der Waals surface area contributed by atoms with E-state index in [1.54, 1.807) is 17.0 Å². The number of benzene rings is 2. The molecule has 10 heteroatoms. The van der Waals surface area contributed by atoms with Crippen molar-refractivity contribution in [2.45, 2.75) is 84.8 Å².